The number of nitrogens with one attached hydrogen (secondary N) is 2. The van der Waals surface area contributed by atoms with Crippen molar-refractivity contribution < 1.29 is 0 Å². The Morgan fingerprint density at radius 2 is 2.35 bits per heavy atom. The molecule has 0 aliphatic heterocycles. The summed E-state index contributed by atoms with van der Waals surface area (Å²) in [4.78, 5) is 4.21. The fourth-order valence-electron chi connectivity index (χ4n) is 1.61. The van der Waals surface area contributed by atoms with Gasteiger partial charge in [0.2, 0.25) is 0 Å². The second-order valence-electron chi connectivity index (χ2n) is 3.62. The lowest BCUT2D eigenvalue weighted by atomic mass is 10.2. The van der Waals surface area contributed by atoms with E-state index in [1.807, 2.05) is 23.0 Å². The summed E-state index contributed by atoms with van der Waals surface area (Å²) in [5.41, 5.74) is 4.68. The largest absolute Gasteiger partial charge is 0.378 e. The van der Waals surface area contributed by atoms with Crippen molar-refractivity contribution in [2.75, 3.05) is 5.32 Å². The number of anilines is 1. The second-order valence-corrected chi connectivity index (χ2v) is 4.75. The molecule has 0 bridgehead atoms. The lowest BCUT2D eigenvalue weighted by Crippen LogP contribution is -1.99. The van der Waals surface area contributed by atoms with Gasteiger partial charge in [0, 0.05) is 10.8 Å². The van der Waals surface area contributed by atoms with E-state index in [1.54, 1.807) is 17.5 Å². The first-order chi connectivity index (χ1) is 8.33. The quantitative estimate of drug-likeness (QED) is 0.763. The molecule has 0 spiro atoms. The molecule has 0 saturated carbocycles. The molecule has 3 aromatic rings. The topological polar surface area (TPSA) is 53.6 Å². The minimum atomic E-state index is 0.670. The number of H-pyrrole nitrogens is 1. The molecular weight excluding hydrogens is 256 g/mol. The Morgan fingerprint density at radius 1 is 1.41 bits per heavy atom. The van der Waals surface area contributed by atoms with Gasteiger partial charge < -0.3 is 5.32 Å². The molecule has 0 fully saturated rings. The van der Waals surface area contributed by atoms with E-state index in [1.165, 1.54) is 0 Å². The SMILES string of the molecule is Clc1cc2cn[nH]c2cc1NCc1cscn1. The summed E-state index contributed by atoms with van der Waals surface area (Å²) in [5.74, 6) is 0. The molecule has 0 saturated heterocycles. The molecule has 1 aromatic carbocycles. The van der Waals surface area contributed by atoms with E-state index in [9.17, 15) is 0 Å². The van der Waals surface area contributed by atoms with Gasteiger partial charge in [-0.15, -0.1) is 11.3 Å². The Bertz CT molecular complexity index is 632. The van der Waals surface area contributed by atoms with E-state index in [-0.39, 0.29) is 0 Å². The van der Waals surface area contributed by atoms with Crippen LogP contribution in [0, 0.1) is 0 Å². The number of nitrogens with zero attached hydrogens (tertiary/aromatic N) is 2. The number of benzene rings is 1. The molecule has 0 aliphatic rings. The van der Waals surface area contributed by atoms with Gasteiger partial charge in [0.15, 0.2) is 0 Å². The second kappa shape index (κ2) is 4.35. The van der Waals surface area contributed by atoms with Crippen LogP contribution in [0.3, 0.4) is 0 Å². The Balaban J connectivity index is 1.86. The first-order valence-corrected chi connectivity index (χ1v) is 6.38. The molecule has 0 amide bonds. The van der Waals surface area contributed by atoms with Gasteiger partial charge in [-0.25, -0.2) is 4.98 Å². The fraction of sp³-hybridized carbons (Fsp3) is 0.0909. The number of hydrogen-bond acceptors (Lipinski definition) is 4. The maximum Gasteiger partial charge on any atom is 0.0795 e. The monoisotopic (exact) mass is 264 g/mol. The Hall–Kier alpha value is -1.59. The summed E-state index contributed by atoms with van der Waals surface area (Å²) >= 11 is 7.76. The Morgan fingerprint density at radius 3 is 3.18 bits per heavy atom. The van der Waals surface area contributed by atoms with Crippen LogP contribution in [0.2, 0.25) is 5.02 Å². The predicted molar refractivity (Wildman–Crippen MR) is 70.5 cm³/mol. The standard InChI is InChI=1S/C11H9ClN4S/c12-9-1-7-3-15-16-10(7)2-11(9)13-4-8-5-17-6-14-8/h1-3,5-6,13H,4H2,(H,15,16). The molecule has 6 heteroatoms. The van der Waals surface area contributed by atoms with Crippen molar-refractivity contribution in [3.05, 3.63) is 39.9 Å². The van der Waals surface area contributed by atoms with Crippen molar-refractivity contribution in [1.82, 2.24) is 15.2 Å². The van der Waals surface area contributed by atoms with Gasteiger partial charge in [-0.2, -0.15) is 5.10 Å². The van der Waals surface area contributed by atoms with Crippen LogP contribution in [0.5, 0.6) is 0 Å². The molecule has 17 heavy (non-hydrogen) atoms. The zero-order valence-corrected chi connectivity index (χ0v) is 10.3. The number of fused-ring (bicyclic) bond motifs is 1. The van der Waals surface area contributed by atoms with E-state index >= 15 is 0 Å². The number of thiazole rings is 1. The average Bonchev–Trinajstić information content (AvgIpc) is 2.95. The number of halogens is 1. The van der Waals surface area contributed by atoms with Crippen molar-refractivity contribution in [2.24, 2.45) is 0 Å². The molecule has 3 rings (SSSR count). The summed E-state index contributed by atoms with van der Waals surface area (Å²) in [6.07, 6.45) is 1.76. The first kappa shape index (κ1) is 10.6. The Labute approximate surface area is 107 Å². The maximum atomic E-state index is 6.18. The van der Waals surface area contributed by atoms with Crippen molar-refractivity contribution in [2.45, 2.75) is 6.54 Å². The van der Waals surface area contributed by atoms with Crippen LogP contribution in [0.25, 0.3) is 10.9 Å². The normalized spacial score (nSPS) is 10.9. The summed E-state index contributed by atoms with van der Waals surface area (Å²) in [5, 5.41) is 13.9. The number of aromatic amines is 1. The Kier molecular flexibility index (Phi) is 2.70. The lowest BCUT2D eigenvalue weighted by molar-refractivity contribution is 1.07. The van der Waals surface area contributed by atoms with E-state index in [4.69, 9.17) is 11.6 Å². The van der Waals surface area contributed by atoms with Crippen LogP contribution in [0.15, 0.2) is 29.2 Å². The molecule has 0 aliphatic carbocycles. The zero-order valence-electron chi connectivity index (χ0n) is 8.77. The fourth-order valence-corrected chi connectivity index (χ4v) is 2.41. The molecule has 2 heterocycles. The van der Waals surface area contributed by atoms with Gasteiger partial charge in [0.05, 0.1) is 40.2 Å². The molecule has 0 radical (unpaired) electrons. The summed E-state index contributed by atoms with van der Waals surface area (Å²) in [6, 6.07) is 3.85. The van der Waals surface area contributed by atoms with Gasteiger partial charge in [-0.1, -0.05) is 11.6 Å². The minimum Gasteiger partial charge on any atom is -0.378 e. The van der Waals surface area contributed by atoms with Crippen LogP contribution in [-0.2, 0) is 6.54 Å². The van der Waals surface area contributed by atoms with Crippen LogP contribution in [-0.4, -0.2) is 15.2 Å². The van der Waals surface area contributed by atoms with Gasteiger partial charge in [0.1, 0.15) is 0 Å². The number of hydrogen-bond donors (Lipinski definition) is 2. The molecule has 0 atom stereocenters. The third-order valence-corrected chi connectivity index (χ3v) is 3.42. The van der Waals surface area contributed by atoms with Crippen LogP contribution >= 0.6 is 22.9 Å². The minimum absolute atomic E-state index is 0.670. The van der Waals surface area contributed by atoms with Gasteiger partial charge >= 0.3 is 0 Å². The zero-order chi connectivity index (χ0) is 11.7. The molecule has 2 N–H and O–H groups in total. The van der Waals surface area contributed by atoms with E-state index in [0.717, 1.165) is 22.3 Å². The third-order valence-electron chi connectivity index (χ3n) is 2.47. The summed E-state index contributed by atoms with van der Waals surface area (Å²) < 4.78 is 0. The smallest absolute Gasteiger partial charge is 0.0795 e. The predicted octanol–water partition coefficient (Wildman–Crippen LogP) is 3.28. The van der Waals surface area contributed by atoms with Gasteiger partial charge in [0.25, 0.3) is 0 Å². The molecule has 86 valence electrons. The van der Waals surface area contributed by atoms with Crippen LogP contribution in [0.4, 0.5) is 5.69 Å². The lowest BCUT2D eigenvalue weighted by Gasteiger charge is -2.06. The van der Waals surface area contributed by atoms with E-state index in [2.05, 4.69) is 20.5 Å². The van der Waals surface area contributed by atoms with Crippen molar-refractivity contribution in [1.29, 1.82) is 0 Å². The number of aromatic nitrogens is 3. The van der Waals surface area contributed by atoms with E-state index < -0.39 is 0 Å². The average molecular weight is 265 g/mol. The molecule has 2 aromatic heterocycles. The molecule has 0 unspecified atom stereocenters. The maximum absolute atomic E-state index is 6.18. The number of rotatable bonds is 3. The van der Waals surface area contributed by atoms with Crippen molar-refractivity contribution in [3.63, 3.8) is 0 Å². The van der Waals surface area contributed by atoms with Crippen molar-refractivity contribution >= 4 is 39.5 Å². The highest BCUT2D eigenvalue weighted by atomic mass is 35.5. The van der Waals surface area contributed by atoms with Crippen LogP contribution in [0.1, 0.15) is 5.69 Å². The highest BCUT2D eigenvalue weighted by Crippen LogP contribution is 2.27. The van der Waals surface area contributed by atoms with Crippen molar-refractivity contribution in [3.8, 4) is 0 Å². The molecule has 4 nitrogen and oxygen atoms in total. The van der Waals surface area contributed by atoms with Gasteiger partial charge in [-0.05, 0) is 12.1 Å². The highest BCUT2D eigenvalue weighted by molar-refractivity contribution is 7.07. The van der Waals surface area contributed by atoms with Gasteiger partial charge in [-0.3, -0.25) is 5.10 Å². The highest BCUT2D eigenvalue weighted by Gasteiger charge is 2.04. The van der Waals surface area contributed by atoms with Crippen LogP contribution < -0.4 is 5.32 Å². The summed E-state index contributed by atoms with van der Waals surface area (Å²) in [7, 11) is 0. The molecular formula is C11H9ClN4S. The summed E-state index contributed by atoms with van der Waals surface area (Å²) in [6.45, 7) is 0.670. The van der Waals surface area contributed by atoms with E-state index in [0.29, 0.717) is 11.6 Å². The third kappa shape index (κ3) is 2.11. The first-order valence-electron chi connectivity index (χ1n) is 5.06.